The van der Waals surface area contributed by atoms with Crippen LogP contribution in [0.25, 0.3) is 0 Å². The molecule has 1 aromatic rings. The van der Waals surface area contributed by atoms with Crippen molar-refractivity contribution in [3.8, 4) is 0 Å². The van der Waals surface area contributed by atoms with Crippen LogP contribution in [0.3, 0.4) is 0 Å². The van der Waals surface area contributed by atoms with Crippen LogP contribution < -0.4 is 11.1 Å². The van der Waals surface area contributed by atoms with Crippen LogP contribution in [0.4, 0.5) is 11.4 Å². The molecule has 0 aromatic heterocycles. The highest BCUT2D eigenvalue weighted by Crippen LogP contribution is 2.23. The molecule has 6 heteroatoms. The third kappa shape index (κ3) is 6.23. The van der Waals surface area contributed by atoms with Crippen molar-refractivity contribution in [3.05, 3.63) is 23.2 Å². The van der Waals surface area contributed by atoms with E-state index in [2.05, 4.69) is 5.32 Å². The summed E-state index contributed by atoms with van der Waals surface area (Å²) in [5, 5.41) is 11.9. The van der Waals surface area contributed by atoms with Gasteiger partial charge in [-0.05, 0) is 51.1 Å². The standard InChI is InChI=1S/C14H22ClN3O2/c1-18(7-3-2-4-8-19)10-14(20)17-13-9-11(16)5-6-12(13)15/h5-6,9,19H,2-4,7-8,10,16H2,1H3,(H,17,20). The quantitative estimate of drug-likeness (QED) is 0.506. The second-order valence-electron chi connectivity index (χ2n) is 4.81. The van der Waals surface area contributed by atoms with Gasteiger partial charge in [0.2, 0.25) is 5.91 Å². The predicted molar refractivity (Wildman–Crippen MR) is 82.9 cm³/mol. The van der Waals surface area contributed by atoms with E-state index >= 15 is 0 Å². The number of carbonyl (C=O) groups excluding carboxylic acids is 1. The average molecular weight is 300 g/mol. The lowest BCUT2D eigenvalue weighted by Gasteiger charge is -2.16. The van der Waals surface area contributed by atoms with Gasteiger partial charge >= 0.3 is 0 Å². The first-order valence-electron chi connectivity index (χ1n) is 6.67. The van der Waals surface area contributed by atoms with E-state index in [-0.39, 0.29) is 12.5 Å². The minimum absolute atomic E-state index is 0.123. The summed E-state index contributed by atoms with van der Waals surface area (Å²) in [6.45, 7) is 1.33. The van der Waals surface area contributed by atoms with Gasteiger partial charge in [0.1, 0.15) is 0 Å². The van der Waals surface area contributed by atoms with E-state index in [0.29, 0.717) is 22.9 Å². The number of hydrogen-bond donors (Lipinski definition) is 3. The van der Waals surface area contributed by atoms with Crippen molar-refractivity contribution in [2.75, 3.05) is 37.8 Å². The van der Waals surface area contributed by atoms with Crippen molar-refractivity contribution in [3.63, 3.8) is 0 Å². The lowest BCUT2D eigenvalue weighted by atomic mass is 10.2. The van der Waals surface area contributed by atoms with Crippen LogP contribution in [0.2, 0.25) is 5.02 Å². The minimum Gasteiger partial charge on any atom is -0.399 e. The Labute approximate surface area is 124 Å². The smallest absolute Gasteiger partial charge is 0.238 e. The Bertz CT molecular complexity index is 440. The molecule has 4 N–H and O–H groups in total. The second kappa shape index (κ2) is 8.79. The maximum atomic E-state index is 11.9. The van der Waals surface area contributed by atoms with E-state index in [1.165, 1.54) is 0 Å². The zero-order valence-corrected chi connectivity index (χ0v) is 12.5. The zero-order valence-electron chi connectivity index (χ0n) is 11.7. The molecule has 5 nitrogen and oxygen atoms in total. The van der Waals surface area contributed by atoms with Gasteiger partial charge in [0.05, 0.1) is 17.3 Å². The summed E-state index contributed by atoms with van der Waals surface area (Å²) in [6.07, 6.45) is 2.73. The van der Waals surface area contributed by atoms with Gasteiger partial charge in [-0.25, -0.2) is 0 Å². The third-order valence-corrected chi connectivity index (χ3v) is 3.21. The molecule has 0 heterocycles. The molecular weight excluding hydrogens is 278 g/mol. The Morgan fingerprint density at radius 1 is 1.40 bits per heavy atom. The fourth-order valence-corrected chi connectivity index (χ4v) is 1.99. The molecule has 0 bridgehead atoms. The van der Waals surface area contributed by atoms with Crippen LogP contribution in [0.5, 0.6) is 0 Å². The second-order valence-corrected chi connectivity index (χ2v) is 5.22. The molecule has 0 aliphatic heterocycles. The van der Waals surface area contributed by atoms with Gasteiger partial charge in [0.25, 0.3) is 0 Å². The first-order chi connectivity index (χ1) is 9.52. The number of nitrogens with zero attached hydrogens (tertiary/aromatic N) is 1. The monoisotopic (exact) mass is 299 g/mol. The number of benzene rings is 1. The summed E-state index contributed by atoms with van der Waals surface area (Å²) < 4.78 is 0. The molecule has 20 heavy (non-hydrogen) atoms. The third-order valence-electron chi connectivity index (χ3n) is 2.88. The molecule has 0 fully saturated rings. The van der Waals surface area contributed by atoms with Crippen LogP contribution in [0.1, 0.15) is 19.3 Å². The van der Waals surface area contributed by atoms with E-state index in [1.54, 1.807) is 18.2 Å². The number of likely N-dealkylation sites (N-methyl/N-ethyl adjacent to an activating group) is 1. The lowest BCUT2D eigenvalue weighted by Crippen LogP contribution is -2.31. The number of nitrogens with two attached hydrogens (primary N) is 1. The molecule has 0 unspecified atom stereocenters. The molecule has 0 saturated heterocycles. The maximum Gasteiger partial charge on any atom is 0.238 e. The van der Waals surface area contributed by atoms with Crippen molar-refractivity contribution in [2.24, 2.45) is 0 Å². The fourth-order valence-electron chi connectivity index (χ4n) is 1.82. The van der Waals surface area contributed by atoms with Gasteiger partial charge in [0, 0.05) is 12.3 Å². The number of nitrogens with one attached hydrogen (secondary N) is 1. The highest BCUT2D eigenvalue weighted by atomic mass is 35.5. The summed E-state index contributed by atoms with van der Waals surface area (Å²) in [7, 11) is 1.89. The van der Waals surface area contributed by atoms with Crippen LogP contribution in [-0.2, 0) is 4.79 Å². The van der Waals surface area contributed by atoms with Gasteiger partial charge in [-0.2, -0.15) is 0 Å². The number of aliphatic hydroxyl groups excluding tert-OH is 1. The molecule has 0 spiro atoms. The van der Waals surface area contributed by atoms with Crippen LogP contribution in [0, 0.1) is 0 Å². The molecule has 1 rings (SSSR count). The Kier molecular flexibility index (Phi) is 7.36. The number of hydrogen-bond acceptors (Lipinski definition) is 4. The Morgan fingerprint density at radius 2 is 2.15 bits per heavy atom. The molecular formula is C14H22ClN3O2. The van der Waals surface area contributed by atoms with Crippen LogP contribution in [0.15, 0.2) is 18.2 Å². The highest BCUT2D eigenvalue weighted by molar-refractivity contribution is 6.33. The topological polar surface area (TPSA) is 78.6 Å². The predicted octanol–water partition coefficient (Wildman–Crippen LogP) is 1.96. The van der Waals surface area contributed by atoms with Crippen molar-refractivity contribution in [1.29, 1.82) is 0 Å². The largest absolute Gasteiger partial charge is 0.399 e. The molecule has 1 aromatic carbocycles. The van der Waals surface area contributed by atoms with Gasteiger partial charge in [0.15, 0.2) is 0 Å². The molecule has 0 atom stereocenters. The summed E-state index contributed by atoms with van der Waals surface area (Å²) >= 11 is 5.99. The minimum atomic E-state index is -0.123. The molecule has 0 radical (unpaired) electrons. The molecule has 0 saturated carbocycles. The lowest BCUT2D eigenvalue weighted by molar-refractivity contribution is -0.117. The normalized spacial score (nSPS) is 10.8. The number of rotatable bonds is 8. The van der Waals surface area contributed by atoms with Crippen LogP contribution >= 0.6 is 11.6 Å². The number of anilines is 2. The molecule has 112 valence electrons. The van der Waals surface area contributed by atoms with E-state index in [9.17, 15) is 4.79 Å². The average Bonchev–Trinajstić information content (AvgIpc) is 2.39. The SMILES string of the molecule is CN(CCCCCO)CC(=O)Nc1cc(N)ccc1Cl. The summed E-state index contributed by atoms with van der Waals surface area (Å²) in [4.78, 5) is 13.8. The van der Waals surface area contributed by atoms with Crippen molar-refractivity contribution in [2.45, 2.75) is 19.3 Å². The first kappa shape index (κ1) is 16.8. The van der Waals surface area contributed by atoms with Crippen molar-refractivity contribution >= 4 is 28.9 Å². The first-order valence-corrected chi connectivity index (χ1v) is 7.05. The Morgan fingerprint density at radius 3 is 2.85 bits per heavy atom. The fraction of sp³-hybridized carbons (Fsp3) is 0.500. The Balaban J connectivity index is 2.37. The van der Waals surface area contributed by atoms with Gasteiger partial charge < -0.3 is 16.2 Å². The van der Waals surface area contributed by atoms with E-state index in [0.717, 1.165) is 25.8 Å². The summed E-state index contributed by atoms with van der Waals surface area (Å²) in [5.41, 5.74) is 6.75. The van der Waals surface area contributed by atoms with Crippen molar-refractivity contribution < 1.29 is 9.90 Å². The highest BCUT2D eigenvalue weighted by Gasteiger charge is 2.09. The van der Waals surface area contributed by atoms with E-state index in [1.807, 2.05) is 11.9 Å². The molecule has 1 amide bonds. The zero-order chi connectivity index (χ0) is 15.0. The van der Waals surface area contributed by atoms with Gasteiger partial charge in [-0.15, -0.1) is 0 Å². The molecule has 0 aliphatic carbocycles. The summed E-state index contributed by atoms with van der Waals surface area (Å²) in [6, 6.07) is 4.98. The number of amides is 1. The van der Waals surface area contributed by atoms with Gasteiger partial charge in [-0.1, -0.05) is 11.6 Å². The summed E-state index contributed by atoms with van der Waals surface area (Å²) in [5.74, 6) is -0.123. The number of halogens is 1. The Hall–Kier alpha value is -1.30. The van der Waals surface area contributed by atoms with E-state index < -0.39 is 0 Å². The van der Waals surface area contributed by atoms with Gasteiger partial charge in [-0.3, -0.25) is 9.69 Å². The molecule has 0 aliphatic rings. The number of carbonyl (C=O) groups is 1. The van der Waals surface area contributed by atoms with E-state index in [4.69, 9.17) is 22.4 Å². The maximum absolute atomic E-state index is 11.9. The number of unbranched alkanes of at least 4 members (excludes halogenated alkanes) is 2. The van der Waals surface area contributed by atoms with Crippen LogP contribution in [-0.4, -0.2) is 42.7 Å². The van der Waals surface area contributed by atoms with Crippen molar-refractivity contribution in [1.82, 2.24) is 4.90 Å². The number of aliphatic hydroxyl groups is 1. The number of nitrogen functional groups attached to an aromatic ring is 1.